The van der Waals surface area contributed by atoms with Gasteiger partial charge in [0.05, 0.1) is 5.60 Å². The summed E-state index contributed by atoms with van der Waals surface area (Å²) in [4.78, 5) is 0. The third kappa shape index (κ3) is 1.70. The Kier molecular flexibility index (Phi) is 2.32. The molecular formula is C8H17NO. The van der Waals surface area contributed by atoms with Crippen LogP contribution < -0.4 is 5.73 Å². The van der Waals surface area contributed by atoms with Crippen molar-refractivity contribution in [2.45, 2.75) is 44.2 Å². The molecule has 0 amide bonds. The van der Waals surface area contributed by atoms with Crippen LogP contribution in [0.2, 0.25) is 0 Å². The normalized spacial score (nSPS) is 41.7. The van der Waals surface area contributed by atoms with E-state index in [4.69, 9.17) is 10.5 Å². The minimum atomic E-state index is 0.0671. The lowest BCUT2D eigenvalue weighted by Gasteiger charge is -2.35. The van der Waals surface area contributed by atoms with E-state index < -0.39 is 0 Å². The lowest BCUT2D eigenvalue weighted by molar-refractivity contribution is -0.0283. The molecule has 1 saturated carbocycles. The van der Waals surface area contributed by atoms with Gasteiger partial charge in [-0.1, -0.05) is 0 Å². The fourth-order valence-electron chi connectivity index (χ4n) is 1.68. The maximum Gasteiger partial charge on any atom is 0.0665 e. The van der Waals surface area contributed by atoms with E-state index in [1.165, 1.54) is 12.8 Å². The molecule has 2 nitrogen and oxygen atoms in total. The van der Waals surface area contributed by atoms with Crippen LogP contribution in [0.15, 0.2) is 0 Å². The number of rotatable bonds is 1. The second kappa shape index (κ2) is 2.89. The molecule has 2 N–H and O–H groups in total. The Balaban J connectivity index is 2.45. The van der Waals surface area contributed by atoms with E-state index in [1.807, 2.05) is 0 Å². The molecule has 2 atom stereocenters. The Morgan fingerprint density at radius 2 is 2.30 bits per heavy atom. The van der Waals surface area contributed by atoms with Crippen molar-refractivity contribution in [3.8, 4) is 0 Å². The highest BCUT2D eigenvalue weighted by Crippen LogP contribution is 2.29. The summed E-state index contributed by atoms with van der Waals surface area (Å²) in [6, 6.07) is 0.360. The molecule has 0 unspecified atom stereocenters. The van der Waals surface area contributed by atoms with Gasteiger partial charge in [-0.2, -0.15) is 0 Å². The minimum Gasteiger partial charge on any atom is -0.378 e. The van der Waals surface area contributed by atoms with Crippen molar-refractivity contribution < 1.29 is 4.74 Å². The first kappa shape index (κ1) is 8.02. The number of hydrogen-bond acceptors (Lipinski definition) is 2. The van der Waals surface area contributed by atoms with Crippen LogP contribution in [-0.2, 0) is 4.74 Å². The van der Waals surface area contributed by atoms with Crippen LogP contribution in [0.5, 0.6) is 0 Å². The second-order valence-corrected chi connectivity index (χ2v) is 3.51. The first-order valence-electron chi connectivity index (χ1n) is 3.97. The van der Waals surface area contributed by atoms with Crippen molar-refractivity contribution in [3.63, 3.8) is 0 Å². The summed E-state index contributed by atoms with van der Waals surface area (Å²) in [7, 11) is 1.78. The van der Waals surface area contributed by atoms with Crippen molar-refractivity contribution in [1.82, 2.24) is 0 Å². The number of methoxy groups -OCH3 is 1. The maximum absolute atomic E-state index is 5.81. The molecule has 0 spiro atoms. The van der Waals surface area contributed by atoms with Crippen molar-refractivity contribution in [3.05, 3.63) is 0 Å². The molecule has 0 aromatic rings. The van der Waals surface area contributed by atoms with Gasteiger partial charge in [-0.15, -0.1) is 0 Å². The predicted molar refractivity (Wildman–Crippen MR) is 41.9 cm³/mol. The van der Waals surface area contributed by atoms with Crippen LogP contribution in [0, 0.1) is 0 Å². The molecule has 0 bridgehead atoms. The Labute approximate surface area is 62.7 Å². The number of hydrogen-bond donors (Lipinski definition) is 1. The van der Waals surface area contributed by atoms with Gasteiger partial charge < -0.3 is 10.5 Å². The Morgan fingerprint density at radius 1 is 1.60 bits per heavy atom. The van der Waals surface area contributed by atoms with Crippen molar-refractivity contribution in [2.75, 3.05) is 7.11 Å². The van der Waals surface area contributed by atoms with E-state index in [0.29, 0.717) is 6.04 Å². The standard InChI is InChI=1S/C8H17NO/c1-8(10-2)5-3-4-7(9)6-8/h7H,3-6,9H2,1-2H3/t7-,8-/m0/s1. The third-order valence-corrected chi connectivity index (χ3v) is 2.47. The first-order valence-corrected chi connectivity index (χ1v) is 3.97. The van der Waals surface area contributed by atoms with Crippen LogP contribution in [0.25, 0.3) is 0 Å². The molecular weight excluding hydrogens is 126 g/mol. The molecule has 0 aliphatic heterocycles. The molecule has 10 heavy (non-hydrogen) atoms. The van der Waals surface area contributed by atoms with Gasteiger partial charge in [-0.3, -0.25) is 0 Å². The van der Waals surface area contributed by atoms with Crippen LogP contribution >= 0.6 is 0 Å². The number of nitrogens with two attached hydrogens (primary N) is 1. The lowest BCUT2D eigenvalue weighted by atomic mass is 9.83. The number of ether oxygens (including phenoxy) is 1. The van der Waals surface area contributed by atoms with Gasteiger partial charge in [0, 0.05) is 13.2 Å². The van der Waals surface area contributed by atoms with Gasteiger partial charge in [-0.25, -0.2) is 0 Å². The summed E-state index contributed by atoms with van der Waals surface area (Å²) in [6.07, 6.45) is 4.56. The van der Waals surface area contributed by atoms with Gasteiger partial charge in [0.15, 0.2) is 0 Å². The van der Waals surface area contributed by atoms with Gasteiger partial charge in [0.2, 0.25) is 0 Å². The van der Waals surface area contributed by atoms with E-state index in [-0.39, 0.29) is 5.60 Å². The molecule has 0 saturated heterocycles. The highest BCUT2D eigenvalue weighted by molar-refractivity contribution is 4.85. The molecule has 1 aliphatic carbocycles. The van der Waals surface area contributed by atoms with E-state index in [0.717, 1.165) is 12.8 Å². The molecule has 1 fully saturated rings. The zero-order valence-electron chi connectivity index (χ0n) is 6.89. The summed E-state index contributed by atoms with van der Waals surface area (Å²) in [5, 5.41) is 0. The molecule has 1 aliphatic rings. The zero-order chi connectivity index (χ0) is 7.61. The predicted octanol–water partition coefficient (Wildman–Crippen LogP) is 1.29. The zero-order valence-corrected chi connectivity index (χ0v) is 6.89. The summed E-state index contributed by atoms with van der Waals surface area (Å²) in [5.41, 5.74) is 5.87. The van der Waals surface area contributed by atoms with Crippen LogP contribution in [0.3, 0.4) is 0 Å². The minimum absolute atomic E-state index is 0.0671. The Hall–Kier alpha value is -0.0800. The van der Waals surface area contributed by atoms with Crippen LogP contribution in [0.4, 0.5) is 0 Å². The summed E-state index contributed by atoms with van der Waals surface area (Å²) < 4.78 is 5.37. The lowest BCUT2D eigenvalue weighted by Crippen LogP contribution is -2.40. The highest BCUT2D eigenvalue weighted by Gasteiger charge is 2.29. The van der Waals surface area contributed by atoms with E-state index >= 15 is 0 Å². The monoisotopic (exact) mass is 143 g/mol. The van der Waals surface area contributed by atoms with Crippen LogP contribution in [0.1, 0.15) is 32.6 Å². The molecule has 0 radical (unpaired) electrons. The van der Waals surface area contributed by atoms with E-state index in [1.54, 1.807) is 7.11 Å². The van der Waals surface area contributed by atoms with Crippen molar-refractivity contribution in [1.29, 1.82) is 0 Å². The Morgan fingerprint density at radius 3 is 2.70 bits per heavy atom. The molecule has 0 aromatic carbocycles. The van der Waals surface area contributed by atoms with Gasteiger partial charge in [-0.05, 0) is 32.6 Å². The smallest absolute Gasteiger partial charge is 0.0665 e. The summed E-state index contributed by atoms with van der Waals surface area (Å²) in [5.74, 6) is 0. The van der Waals surface area contributed by atoms with Crippen molar-refractivity contribution >= 4 is 0 Å². The highest BCUT2D eigenvalue weighted by atomic mass is 16.5. The summed E-state index contributed by atoms with van der Waals surface area (Å²) >= 11 is 0. The molecule has 1 rings (SSSR count). The fraction of sp³-hybridized carbons (Fsp3) is 1.00. The van der Waals surface area contributed by atoms with Crippen molar-refractivity contribution in [2.24, 2.45) is 5.73 Å². The first-order chi connectivity index (χ1) is 4.66. The second-order valence-electron chi connectivity index (χ2n) is 3.51. The third-order valence-electron chi connectivity index (χ3n) is 2.47. The quantitative estimate of drug-likeness (QED) is 0.600. The maximum atomic E-state index is 5.81. The van der Waals surface area contributed by atoms with Gasteiger partial charge >= 0.3 is 0 Å². The molecule has 60 valence electrons. The van der Waals surface area contributed by atoms with Gasteiger partial charge in [0.25, 0.3) is 0 Å². The molecule has 2 heteroatoms. The van der Waals surface area contributed by atoms with E-state index in [2.05, 4.69) is 6.92 Å². The van der Waals surface area contributed by atoms with Gasteiger partial charge in [0.1, 0.15) is 0 Å². The average molecular weight is 143 g/mol. The molecule has 0 heterocycles. The fourth-order valence-corrected chi connectivity index (χ4v) is 1.68. The average Bonchev–Trinajstić information content (AvgIpc) is 1.88. The topological polar surface area (TPSA) is 35.2 Å². The van der Waals surface area contributed by atoms with Crippen LogP contribution in [-0.4, -0.2) is 18.8 Å². The molecule has 0 aromatic heterocycles. The SMILES string of the molecule is CO[C@@]1(C)CCC[C@H](N)C1. The Bertz CT molecular complexity index is 116. The van der Waals surface area contributed by atoms with E-state index in [9.17, 15) is 0 Å². The largest absolute Gasteiger partial charge is 0.378 e. The summed E-state index contributed by atoms with van der Waals surface area (Å²) in [6.45, 7) is 2.14.